The lowest BCUT2D eigenvalue weighted by molar-refractivity contribution is 0.295. The predicted molar refractivity (Wildman–Crippen MR) is 113 cm³/mol. The summed E-state index contributed by atoms with van der Waals surface area (Å²) >= 11 is 6.39. The number of fused-ring (bicyclic) bond motifs is 2. The largest absolute Gasteiger partial charge is 0.453 e. The number of benzene rings is 2. The molecule has 1 fully saturated rings. The zero-order chi connectivity index (χ0) is 20.7. The number of aromatic amines is 2. The van der Waals surface area contributed by atoms with E-state index in [0.717, 1.165) is 43.4 Å². The van der Waals surface area contributed by atoms with E-state index in [-0.39, 0.29) is 11.6 Å². The Morgan fingerprint density at radius 2 is 1.93 bits per heavy atom. The second kappa shape index (κ2) is 7.28. The number of nitrogens with one attached hydrogen (secondary N) is 2. The number of hydrogen-bond acceptors (Lipinski definition) is 5. The summed E-state index contributed by atoms with van der Waals surface area (Å²) in [6, 6.07) is 10.0. The third kappa shape index (κ3) is 3.08. The molecule has 5 rings (SSSR count). The Bertz CT molecular complexity index is 1180. The van der Waals surface area contributed by atoms with Gasteiger partial charge in [0.25, 0.3) is 0 Å². The van der Waals surface area contributed by atoms with Crippen molar-refractivity contribution in [1.82, 2.24) is 15.2 Å². The fourth-order valence-electron chi connectivity index (χ4n) is 4.36. The topological polar surface area (TPSA) is 86.4 Å². The van der Waals surface area contributed by atoms with Gasteiger partial charge in [-0.05, 0) is 37.1 Å². The average molecular weight is 428 g/mol. The first kappa shape index (κ1) is 18.9. The molecule has 0 amide bonds. The molecule has 3 aromatic rings. The first-order chi connectivity index (χ1) is 14.6. The minimum absolute atomic E-state index is 0.0183. The maximum absolute atomic E-state index is 14.8. The van der Waals surface area contributed by atoms with Crippen LogP contribution in [0.1, 0.15) is 37.7 Å². The molecule has 154 valence electrons. The summed E-state index contributed by atoms with van der Waals surface area (Å²) in [5.74, 6) is 0.105. The molecule has 2 heterocycles. The molecule has 2 aromatic carbocycles. The van der Waals surface area contributed by atoms with Crippen LogP contribution < -0.4 is 14.8 Å². The normalized spacial score (nSPS) is 17.2. The van der Waals surface area contributed by atoms with E-state index in [4.69, 9.17) is 21.5 Å². The van der Waals surface area contributed by atoms with Crippen LogP contribution in [0.3, 0.4) is 0 Å². The molecule has 0 radical (unpaired) electrons. The van der Waals surface area contributed by atoms with Crippen LogP contribution in [0.5, 0.6) is 11.5 Å². The van der Waals surface area contributed by atoms with Crippen molar-refractivity contribution < 1.29 is 9.13 Å². The minimum atomic E-state index is -0.561. The summed E-state index contributed by atoms with van der Waals surface area (Å²) in [6.45, 7) is 0. The summed E-state index contributed by atoms with van der Waals surface area (Å²) in [7, 11) is 0. The van der Waals surface area contributed by atoms with E-state index in [1.54, 1.807) is 24.5 Å². The van der Waals surface area contributed by atoms with E-state index in [2.05, 4.69) is 15.2 Å². The highest BCUT2D eigenvalue weighted by Crippen LogP contribution is 2.51. The number of anilines is 1. The van der Waals surface area contributed by atoms with Crippen molar-refractivity contribution in [1.29, 1.82) is 0 Å². The zero-order valence-corrected chi connectivity index (χ0v) is 16.7. The molecule has 1 saturated carbocycles. The molecule has 1 aliphatic carbocycles. The van der Waals surface area contributed by atoms with Crippen LogP contribution in [-0.2, 0) is 5.54 Å². The summed E-state index contributed by atoms with van der Waals surface area (Å²) < 4.78 is 22.5. The van der Waals surface area contributed by atoms with Crippen molar-refractivity contribution in [3.05, 3.63) is 58.3 Å². The molecule has 0 unspecified atom stereocenters. The van der Waals surface area contributed by atoms with Crippen molar-refractivity contribution in [2.24, 2.45) is 4.99 Å². The Balaban J connectivity index is 1.65. The maximum atomic E-state index is 14.8. The van der Waals surface area contributed by atoms with E-state index in [1.165, 1.54) is 10.5 Å². The Kier molecular flexibility index (Phi) is 4.58. The standard InChI is InChI=1S/C21H19ClFN5O2/c22-28-12-24-21(10-2-1-3-11-21)17-15(28)8-5-9-16(17)30-18-13(6-4-7-14(18)23)19-25-20(29)27-26-19/h4-9,12H,1-3,10-11H2,(H2,25,26,27,29). The average Bonchev–Trinajstić information content (AvgIpc) is 3.19. The number of H-pyrrole nitrogens is 2. The fourth-order valence-corrected chi connectivity index (χ4v) is 4.55. The fraction of sp³-hybridized carbons (Fsp3) is 0.286. The molecule has 1 aromatic heterocycles. The summed E-state index contributed by atoms with van der Waals surface area (Å²) in [4.78, 5) is 18.8. The Labute approximate surface area is 176 Å². The van der Waals surface area contributed by atoms with Gasteiger partial charge in [0.05, 0.1) is 16.8 Å². The van der Waals surface area contributed by atoms with Crippen LogP contribution in [-0.4, -0.2) is 21.5 Å². The van der Waals surface area contributed by atoms with E-state index in [1.807, 2.05) is 12.1 Å². The molecule has 2 aliphatic rings. The Morgan fingerprint density at radius 3 is 2.70 bits per heavy atom. The molecule has 9 heteroatoms. The van der Waals surface area contributed by atoms with Gasteiger partial charge in [-0.1, -0.05) is 31.4 Å². The van der Waals surface area contributed by atoms with Crippen molar-refractivity contribution >= 4 is 23.8 Å². The Hall–Kier alpha value is -3.13. The number of hydrogen-bond donors (Lipinski definition) is 2. The van der Waals surface area contributed by atoms with Gasteiger partial charge in [-0.3, -0.25) is 9.98 Å². The third-order valence-corrected chi connectivity index (χ3v) is 5.99. The zero-order valence-electron chi connectivity index (χ0n) is 16.0. The number of rotatable bonds is 3. The second-order valence-corrected chi connectivity index (χ2v) is 7.91. The first-order valence-corrected chi connectivity index (χ1v) is 10.2. The van der Waals surface area contributed by atoms with Crippen molar-refractivity contribution in [2.75, 3.05) is 4.42 Å². The van der Waals surface area contributed by atoms with Gasteiger partial charge in [-0.25, -0.2) is 18.7 Å². The molecule has 7 nitrogen and oxygen atoms in total. The van der Waals surface area contributed by atoms with Crippen molar-refractivity contribution in [2.45, 2.75) is 37.6 Å². The van der Waals surface area contributed by atoms with Crippen LogP contribution in [0.2, 0.25) is 0 Å². The summed E-state index contributed by atoms with van der Waals surface area (Å²) in [5.41, 5.74) is 1.04. The van der Waals surface area contributed by atoms with E-state index in [9.17, 15) is 9.18 Å². The molecule has 2 N–H and O–H groups in total. The predicted octanol–water partition coefficient (Wildman–Crippen LogP) is 4.86. The molecule has 0 bridgehead atoms. The minimum Gasteiger partial charge on any atom is -0.453 e. The monoisotopic (exact) mass is 427 g/mol. The molecule has 1 aliphatic heterocycles. The van der Waals surface area contributed by atoms with Crippen LogP contribution in [0.25, 0.3) is 11.4 Å². The first-order valence-electron chi connectivity index (χ1n) is 9.83. The molecule has 0 atom stereocenters. The molecular formula is C21H19ClFN5O2. The highest BCUT2D eigenvalue weighted by Gasteiger charge is 2.41. The van der Waals surface area contributed by atoms with Gasteiger partial charge in [-0.2, -0.15) is 5.10 Å². The van der Waals surface area contributed by atoms with E-state index >= 15 is 0 Å². The molecular weight excluding hydrogens is 409 g/mol. The molecule has 30 heavy (non-hydrogen) atoms. The van der Waals surface area contributed by atoms with Gasteiger partial charge in [0.15, 0.2) is 17.4 Å². The Morgan fingerprint density at radius 1 is 1.13 bits per heavy atom. The second-order valence-electron chi connectivity index (χ2n) is 7.54. The van der Waals surface area contributed by atoms with E-state index < -0.39 is 17.0 Å². The van der Waals surface area contributed by atoms with Crippen molar-refractivity contribution in [3.8, 4) is 22.9 Å². The van der Waals surface area contributed by atoms with Gasteiger partial charge < -0.3 is 4.74 Å². The lowest BCUT2D eigenvalue weighted by atomic mass is 9.75. The maximum Gasteiger partial charge on any atom is 0.340 e. The van der Waals surface area contributed by atoms with Gasteiger partial charge in [-0.15, -0.1) is 0 Å². The number of nitrogens with zero attached hydrogens (tertiary/aromatic N) is 3. The van der Waals surface area contributed by atoms with Gasteiger partial charge in [0.2, 0.25) is 0 Å². The smallest absolute Gasteiger partial charge is 0.340 e. The summed E-state index contributed by atoms with van der Waals surface area (Å²) in [6.07, 6.45) is 6.64. The van der Waals surface area contributed by atoms with Gasteiger partial charge >= 0.3 is 5.69 Å². The third-order valence-electron chi connectivity index (χ3n) is 5.72. The molecule has 1 spiro atoms. The van der Waals surface area contributed by atoms with Crippen LogP contribution >= 0.6 is 11.8 Å². The SMILES string of the molecule is O=c1[nH]nc(-c2cccc(F)c2Oc2cccc3c2C2(CCCCC2)N=CN3Cl)[nH]1. The lowest BCUT2D eigenvalue weighted by Gasteiger charge is -2.40. The number of halogens is 2. The lowest BCUT2D eigenvalue weighted by Crippen LogP contribution is -2.34. The van der Waals surface area contributed by atoms with Crippen LogP contribution in [0, 0.1) is 5.82 Å². The quantitative estimate of drug-likeness (QED) is 0.584. The van der Waals surface area contributed by atoms with Gasteiger partial charge in [0.1, 0.15) is 12.1 Å². The van der Waals surface area contributed by atoms with E-state index in [0.29, 0.717) is 11.3 Å². The number of para-hydroxylation sites is 1. The number of ether oxygens (including phenoxy) is 1. The van der Waals surface area contributed by atoms with Crippen LogP contribution in [0.4, 0.5) is 10.1 Å². The number of aliphatic imine (C=N–C) groups is 1. The number of aromatic nitrogens is 3. The van der Waals surface area contributed by atoms with Crippen LogP contribution in [0.15, 0.2) is 46.2 Å². The summed E-state index contributed by atoms with van der Waals surface area (Å²) in [5, 5.41) is 6.22. The molecule has 0 saturated heterocycles. The highest BCUT2D eigenvalue weighted by atomic mass is 35.5. The highest BCUT2D eigenvalue weighted by molar-refractivity contribution is 6.34. The van der Waals surface area contributed by atoms with Gasteiger partial charge in [0, 0.05) is 17.3 Å². The van der Waals surface area contributed by atoms with Crippen molar-refractivity contribution in [3.63, 3.8) is 0 Å².